The number of carbonyl (C=O) groups is 2. The maximum atomic E-state index is 11.8. The van der Waals surface area contributed by atoms with Crippen molar-refractivity contribution in [1.82, 2.24) is 0 Å². The maximum absolute atomic E-state index is 11.8. The van der Waals surface area contributed by atoms with Gasteiger partial charge in [0.25, 0.3) is 0 Å². The Bertz CT molecular complexity index is 489. The predicted molar refractivity (Wildman–Crippen MR) is 71.1 cm³/mol. The second-order valence-electron chi connectivity index (χ2n) is 5.05. The molecule has 1 aromatic carbocycles. The standard InChI is InChI=1S/C15H18O5/c1-20-13(17)8-12(16)15(19)11-6-4-10(5-7-11)14(18)9-2-3-9/h4-7,9,12,15-16,19H,2-3,8H2,1H3. The molecule has 2 atom stereocenters. The molecule has 5 nitrogen and oxygen atoms in total. The molecule has 1 aromatic rings. The smallest absolute Gasteiger partial charge is 0.308 e. The molecule has 5 heteroatoms. The van der Waals surface area contributed by atoms with Crippen molar-refractivity contribution in [3.8, 4) is 0 Å². The van der Waals surface area contributed by atoms with E-state index in [1.54, 1.807) is 24.3 Å². The molecule has 0 aromatic heterocycles. The van der Waals surface area contributed by atoms with Crippen LogP contribution in [0, 0.1) is 5.92 Å². The summed E-state index contributed by atoms with van der Waals surface area (Å²) in [6.45, 7) is 0. The van der Waals surface area contributed by atoms with Crippen LogP contribution in [0.15, 0.2) is 24.3 Å². The quantitative estimate of drug-likeness (QED) is 0.604. The molecule has 0 radical (unpaired) electrons. The van der Waals surface area contributed by atoms with Gasteiger partial charge < -0.3 is 14.9 Å². The van der Waals surface area contributed by atoms with Crippen molar-refractivity contribution >= 4 is 11.8 Å². The van der Waals surface area contributed by atoms with Gasteiger partial charge in [-0.2, -0.15) is 0 Å². The van der Waals surface area contributed by atoms with Crippen LogP contribution < -0.4 is 0 Å². The molecule has 1 saturated carbocycles. The molecule has 20 heavy (non-hydrogen) atoms. The van der Waals surface area contributed by atoms with Crippen molar-refractivity contribution in [3.63, 3.8) is 0 Å². The Hall–Kier alpha value is -1.72. The third kappa shape index (κ3) is 3.43. The van der Waals surface area contributed by atoms with E-state index in [-0.39, 0.29) is 18.1 Å². The zero-order chi connectivity index (χ0) is 14.7. The molecule has 0 heterocycles. The average Bonchev–Trinajstić information content (AvgIpc) is 3.30. The minimum absolute atomic E-state index is 0.126. The van der Waals surface area contributed by atoms with Gasteiger partial charge in [-0.3, -0.25) is 9.59 Å². The van der Waals surface area contributed by atoms with Gasteiger partial charge in [0, 0.05) is 11.5 Å². The number of aliphatic hydroxyl groups excluding tert-OH is 2. The van der Waals surface area contributed by atoms with Crippen LogP contribution in [0.4, 0.5) is 0 Å². The van der Waals surface area contributed by atoms with Gasteiger partial charge in [0.2, 0.25) is 0 Å². The SMILES string of the molecule is COC(=O)CC(O)C(O)c1ccc(C(=O)C2CC2)cc1. The summed E-state index contributed by atoms with van der Waals surface area (Å²) < 4.78 is 4.44. The van der Waals surface area contributed by atoms with Gasteiger partial charge in [0.05, 0.1) is 19.6 Å². The minimum Gasteiger partial charge on any atom is -0.469 e. The summed E-state index contributed by atoms with van der Waals surface area (Å²) in [6, 6.07) is 6.48. The topological polar surface area (TPSA) is 83.8 Å². The van der Waals surface area contributed by atoms with Crippen molar-refractivity contribution in [1.29, 1.82) is 0 Å². The van der Waals surface area contributed by atoms with Crippen LogP contribution in [0.2, 0.25) is 0 Å². The van der Waals surface area contributed by atoms with Crippen LogP contribution in [0.3, 0.4) is 0 Å². The fourth-order valence-electron chi connectivity index (χ4n) is 2.01. The van der Waals surface area contributed by atoms with Crippen molar-refractivity contribution in [2.75, 3.05) is 7.11 Å². The second kappa shape index (κ2) is 6.15. The Labute approximate surface area is 117 Å². The number of hydrogen-bond donors (Lipinski definition) is 2. The summed E-state index contributed by atoms with van der Waals surface area (Å²) >= 11 is 0. The normalized spacial score (nSPS) is 17.4. The van der Waals surface area contributed by atoms with Crippen molar-refractivity contribution in [2.45, 2.75) is 31.5 Å². The zero-order valence-electron chi connectivity index (χ0n) is 11.3. The Morgan fingerprint density at radius 1 is 1.25 bits per heavy atom. The predicted octanol–water partition coefficient (Wildman–Crippen LogP) is 1.24. The molecule has 0 spiro atoms. The number of benzene rings is 1. The molecule has 2 N–H and O–H groups in total. The number of ketones is 1. The Morgan fingerprint density at radius 3 is 2.35 bits per heavy atom. The van der Waals surface area contributed by atoms with Gasteiger partial charge in [-0.25, -0.2) is 0 Å². The average molecular weight is 278 g/mol. The van der Waals surface area contributed by atoms with E-state index in [4.69, 9.17) is 0 Å². The van der Waals surface area contributed by atoms with Gasteiger partial charge in [-0.1, -0.05) is 24.3 Å². The van der Waals surface area contributed by atoms with Crippen LogP contribution in [0.5, 0.6) is 0 Å². The van der Waals surface area contributed by atoms with E-state index >= 15 is 0 Å². The Kier molecular flexibility index (Phi) is 4.52. The molecule has 0 saturated heterocycles. The van der Waals surface area contributed by atoms with Gasteiger partial charge >= 0.3 is 5.97 Å². The van der Waals surface area contributed by atoms with E-state index < -0.39 is 18.2 Å². The van der Waals surface area contributed by atoms with E-state index in [0.717, 1.165) is 12.8 Å². The summed E-state index contributed by atoms with van der Waals surface area (Å²) in [5, 5.41) is 19.7. The number of carbonyl (C=O) groups excluding carboxylic acids is 2. The van der Waals surface area contributed by atoms with Crippen LogP contribution in [0.1, 0.15) is 41.3 Å². The molecule has 1 aliphatic carbocycles. The molecular formula is C15H18O5. The number of methoxy groups -OCH3 is 1. The van der Waals surface area contributed by atoms with Crippen molar-refractivity contribution in [3.05, 3.63) is 35.4 Å². The van der Waals surface area contributed by atoms with E-state index in [2.05, 4.69) is 4.74 Å². The first-order chi connectivity index (χ1) is 9.52. The molecule has 1 aliphatic rings. The van der Waals surface area contributed by atoms with Crippen LogP contribution in [-0.4, -0.2) is 35.2 Å². The van der Waals surface area contributed by atoms with Crippen LogP contribution in [-0.2, 0) is 9.53 Å². The summed E-state index contributed by atoms with van der Waals surface area (Å²) in [5.41, 5.74) is 1.08. The number of aliphatic hydroxyl groups is 2. The van der Waals surface area contributed by atoms with Crippen molar-refractivity contribution < 1.29 is 24.5 Å². The van der Waals surface area contributed by atoms with Crippen LogP contribution >= 0.6 is 0 Å². The summed E-state index contributed by atoms with van der Waals surface area (Å²) in [4.78, 5) is 22.9. The third-order valence-electron chi connectivity index (χ3n) is 3.45. The molecule has 2 unspecified atom stereocenters. The molecule has 0 bridgehead atoms. The number of esters is 1. The number of hydrogen-bond acceptors (Lipinski definition) is 5. The molecule has 1 fully saturated rings. The highest BCUT2D eigenvalue weighted by Crippen LogP contribution is 2.32. The van der Waals surface area contributed by atoms with Gasteiger partial charge in [0.15, 0.2) is 5.78 Å². The van der Waals surface area contributed by atoms with E-state index in [1.165, 1.54) is 7.11 Å². The lowest BCUT2D eigenvalue weighted by Gasteiger charge is -2.17. The lowest BCUT2D eigenvalue weighted by atomic mass is 9.99. The highest BCUT2D eigenvalue weighted by molar-refractivity contribution is 5.99. The fourth-order valence-corrected chi connectivity index (χ4v) is 2.01. The molecular weight excluding hydrogens is 260 g/mol. The summed E-state index contributed by atoms with van der Waals surface area (Å²) in [5.74, 6) is -0.311. The fraction of sp³-hybridized carbons (Fsp3) is 0.467. The number of rotatable bonds is 6. The van der Waals surface area contributed by atoms with E-state index in [0.29, 0.717) is 11.1 Å². The Morgan fingerprint density at radius 2 is 1.85 bits per heavy atom. The monoisotopic (exact) mass is 278 g/mol. The van der Waals surface area contributed by atoms with E-state index in [9.17, 15) is 19.8 Å². The van der Waals surface area contributed by atoms with Gasteiger partial charge in [-0.05, 0) is 18.4 Å². The van der Waals surface area contributed by atoms with Gasteiger partial charge in [-0.15, -0.1) is 0 Å². The first-order valence-corrected chi connectivity index (χ1v) is 6.60. The van der Waals surface area contributed by atoms with E-state index in [1.807, 2.05) is 0 Å². The first kappa shape index (κ1) is 14.7. The third-order valence-corrected chi connectivity index (χ3v) is 3.45. The molecule has 0 amide bonds. The summed E-state index contributed by atoms with van der Waals surface area (Å²) in [7, 11) is 1.22. The molecule has 0 aliphatic heterocycles. The van der Waals surface area contributed by atoms with Crippen LogP contribution in [0.25, 0.3) is 0 Å². The lowest BCUT2D eigenvalue weighted by Crippen LogP contribution is -2.22. The highest BCUT2D eigenvalue weighted by atomic mass is 16.5. The second-order valence-corrected chi connectivity index (χ2v) is 5.05. The number of ether oxygens (including phenoxy) is 1. The summed E-state index contributed by atoms with van der Waals surface area (Å²) in [6.07, 6.45) is -0.797. The van der Waals surface area contributed by atoms with Gasteiger partial charge in [0.1, 0.15) is 6.10 Å². The maximum Gasteiger partial charge on any atom is 0.308 e. The highest BCUT2D eigenvalue weighted by Gasteiger charge is 2.30. The molecule has 2 rings (SSSR count). The lowest BCUT2D eigenvalue weighted by molar-refractivity contribution is -0.144. The zero-order valence-corrected chi connectivity index (χ0v) is 11.3. The largest absolute Gasteiger partial charge is 0.469 e. The first-order valence-electron chi connectivity index (χ1n) is 6.60. The molecule has 108 valence electrons. The number of Topliss-reactive ketones (excluding diaryl/α,β-unsaturated/α-hetero) is 1. The van der Waals surface area contributed by atoms with Crippen molar-refractivity contribution in [2.24, 2.45) is 5.92 Å². The Balaban J connectivity index is 2.01. The minimum atomic E-state index is -1.23.